The molecule has 10 heteroatoms. The van der Waals surface area contributed by atoms with Crippen LogP contribution in [0.25, 0.3) is 0 Å². The van der Waals surface area contributed by atoms with E-state index in [-0.39, 0.29) is 41.6 Å². The lowest BCUT2D eigenvalue weighted by atomic mass is 9.85. The molecule has 5 fully saturated rings. The minimum absolute atomic E-state index is 0.00709. The highest BCUT2D eigenvalue weighted by Crippen LogP contribution is 2.37. The van der Waals surface area contributed by atoms with Crippen molar-refractivity contribution in [3.63, 3.8) is 0 Å². The van der Waals surface area contributed by atoms with Crippen LogP contribution in [0.5, 0.6) is 0 Å². The van der Waals surface area contributed by atoms with Gasteiger partial charge in [-0.3, -0.25) is 14.4 Å². The number of rotatable bonds is 6. The molecule has 0 aromatic heterocycles. The highest BCUT2D eigenvalue weighted by atomic mass is 35.5. The molecule has 1 aromatic rings. The molecule has 3 amide bonds. The third-order valence-corrected chi connectivity index (χ3v) is 11.0. The molecule has 6 rings (SSSR count). The number of carbonyl (C=O) groups excluding carboxylic acids is 3. The van der Waals surface area contributed by atoms with Crippen LogP contribution >= 0.6 is 11.6 Å². The number of nitrogens with one attached hydrogen (secondary N) is 1. The van der Waals surface area contributed by atoms with Gasteiger partial charge < -0.3 is 29.7 Å². The van der Waals surface area contributed by atoms with Crippen molar-refractivity contribution < 1.29 is 19.1 Å². The molecule has 1 saturated carbocycles. The van der Waals surface area contributed by atoms with Crippen LogP contribution in [0.3, 0.4) is 0 Å². The van der Waals surface area contributed by atoms with E-state index < -0.39 is 12.1 Å². The minimum Gasteiger partial charge on any atom is -0.368 e. The maximum Gasteiger partial charge on any atom is 0.252 e. The number of hydrogen-bond acceptors (Lipinski definition) is 6. The first-order chi connectivity index (χ1) is 20.8. The number of amides is 3. The summed E-state index contributed by atoms with van der Waals surface area (Å²) in [5, 5.41) is 4.11. The lowest BCUT2D eigenvalue weighted by Gasteiger charge is -2.41. The zero-order valence-corrected chi connectivity index (χ0v) is 26.5. The largest absolute Gasteiger partial charge is 0.368 e. The van der Waals surface area contributed by atoms with Crippen LogP contribution in [0.4, 0.5) is 0 Å². The van der Waals surface area contributed by atoms with Crippen molar-refractivity contribution in [1.29, 1.82) is 0 Å². The standard InChI is InChI=1S/C33H48ClN5O4/c1-22-5-11-25(12-6-22)39(33(42)30-4-3-17-43-30)26-18-29(32(41)37-15-13-36(2)14-16-37)38(21-26)31(40)28-20-35-19-27(28)23-7-9-24(34)10-8-23/h7-10,22,25-30,35H,3-6,11-21H2,1-2H3/t22-,25+,26-,27-,28+,29-,30-/m0/s1. The van der Waals surface area contributed by atoms with Gasteiger partial charge in [-0.15, -0.1) is 0 Å². The fourth-order valence-corrected chi connectivity index (χ4v) is 8.19. The molecule has 4 saturated heterocycles. The molecule has 43 heavy (non-hydrogen) atoms. The van der Waals surface area contributed by atoms with Gasteiger partial charge in [-0.2, -0.15) is 0 Å². The highest BCUT2D eigenvalue weighted by molar-refractivity contribution is 6.30. The SMILES string of the molecule is CN1CCN(C(=O)[C@@H]2C[C@H](N(C(=O)[C@@H]3CCCO3)[C@H]3CC[C@@H](C)CC3)CN2C(=O)[C@@H]2CNC[C@H]2c2ccc(Cl)cc2)CC1. The molecule has 9 nitrogen and oxygen atoms in total. The molecule has 236 valence electrons. The zero-order chi connectivity index (χ0) is 30.1. The van der Waals surface area contributed by atoms with E-state index in [0.717, 1.165) is 57.2 Å². The Morgan fingerprint density at radius 3 is 2.33 bits per heavy atom. The van der Waals surface area contributed by atoms with Crippen molar-refractivity contribution in [3.05, 3.63) is 34.9 Å². The summed E-state index contributed by atoms with van der Waals surface area (Å²) < 4.78 is 5.90. The maximum atomic E-state index is 14.5. The fraction of sp³-hybridized carbons (Fsp3) is 0.727. The smallest absolute Gasteiger partial charge is 0.252 e. The lowest BCUT2D eigenvalue weighted by molar-refractivity contribution is -0.148. The normalized spacial score (nSPS) is 33.6. The first-order valence-electron chi connectivity index (χ1n) is 16.5. The van der Waals surface area contributed by atoms with Crippen LogP contribution in [-0.4, -0.2) is 121 Å². The number of likely N-dealkylation sites (N-methyl/N-ethyl adjacent to an activating group) is 1. The van der Waals surface area contributed by atoms with E-state index in [9.17, 15) is 14.4 Å². The van der Waals surface area contributed by atoms with Gasteiger partial charge in [-0.25, -0.2) is 0 Å². The summed E-state index contributed by atoms with van der Waals surface area (Å²) >= 11 is 6.17. The van der Waals surface area contributed by atoms with Crippen molar-refractivity contribution in [2.75, 3.05) is 59.5 Å². The van der Waals surface area contributed by atoms with Gasteiger partial charge in [0.25, 0.3) is 5.91 Å². The Kier molecular flexibility index (Phi) is 9.62. The molecule has 1 aliphatic carbocycles. The summed E-state index contributed by atoms with van der Waals surface area (Å²) in [6, 6.07) is 7.14. The first kappa shape index (κ1) is 30.8. The molecular weight excluding hydrogens is 566 g/mol. The molecule has 0 bridgehead atoms. The van der Waals surface area contributed by atoms with Gasteiger partial charge in [-0.1, -0.05) is 30.7 Å². The van der Waals surface area contributed by atoms with E-state index in [1.54, 1.807) is 0 Å². The fourth-order valence-electron chi connectivity index (χ4n) is 8.06. The molecule has 0 spiro atoms. The number of piperazine rings is 1. The number of carbonyl (C=O) groups is 3. The Hall–Kier alpha value is -2.20. The monoisotopic (exact) mass is 613 g/mol. The van der Waals surface area contributed by atoms with E-state index in [1.165, 1.54) is 0 Å². The summed E-state index contributed by atoms with van der Waals surface area (Å²) in [6.45, 7) is 7.56. The average Bonchev–Trinajstić information content (AvgIpc) is 3.80. The van der Waals surface area contributed by atoms with Gasteiger partial charge >= 0.3 is 0 Å². The molecular formula is C33H48ClN5O4. The molecule has 1 aromatic carbocycles. The van der Waals surface area contributed by atoms with Crippen LogP contribution < -0.4 is 5.32 Å². The second-order valence-electron chi connectivity index (χ2n) is 13.6. The van der Waals surface area contributed by atoms with Gasteiger partial charge in [-0.05, 0) is 75.6 Å². The van der Waals surface area contributed by atoms with E-state index >= 15 is 0 Å². The molecule has 1 N–H and O–H groups in total. The second kappa shape index (κ2) is 13.4. The Balaban J connectivity index is 1.28. The predicted molar refractivity (Wildman–Crippen MR) is 166 cm³/mol. The van der Waals surface area contributed by atoms with E-state index in [0.29, 0.717) is 56.7 Å². The van der Waals surface area contributed by atoms with Crippen molar-refractivity contribution in [1.82, 2.24) is 24.9 Å². The summed E-state index contributed by atoms with van der Waals surface area (Å²) in [7, 11) is 2.08. The topological polar surface area (TPSA) is 85.4 Å². The summed E-state index contributed by atoms with van der Waals surface area (Å²) in [6.07, 6.45) is 5.83. The number of benzene rings is 1. The highest BCUT2D eigenvalue weighted by Gasteiger charge is 2.50. The van der Waals surface area contributed by atoms with Gasteiger partial charge in [0.15, 0.2) is 0 Å². The number of nitrogens with zero attached hydrogens (tertiary/aromatic N) is 4. The molecule has 4 heterocycles. The van der Waals surface area contributed by atoms with Crippen LogP contribution in [-0.2, 0) is 19.1 Å². The minimum atomic E-state index is -0.560. The van der Waals surface area contributed by atoms with Gasteiger partial charge in [0.1, 0.15) is 12.1 Å². The van der Waals surface area contributed by atoms with Crippen molar-refractivity contribution >= 4 is 29.3 Å². The Bertz CT molecular complexity index is 1140. The number of ether oxygens (including phenoxy) is 1. The van der Waals surface area contributed by atoms with Crippen molar-refractivity contribution in [2.24, 2.45) is 11.8 Å². The van der Waals surface area contributed by atoms with E-state index in [1.807, 2.05) is 34.1 Å². The second-order valence-corrected chi connectivity index (χ2v) is 14.0. The first-order valence-corrected chi connectivity index (χ1v) is 16.9. The van der Waals surface area contributed by atoms with Crippen molar-refractivity contribution in [2.45, 2.75) is 82.0 Å². The third kappa shape index (κ3) is 6.60. The van der Waals surface area contributed by atoms with Crippen molar-refractivity contribution in [3.8, 4) is 0 Å². The molecule has 0 radical (unpaired) electrons. The molecule has 4 aliphatic heterocycles. The third-order valence-electron chi connectivity index (χ3n) is 10.7. The Morgan fingerprint density at radius 2 is 1.65 bits per heavy atom. The number of likely N-dealkylation sites (tertiary alicyclic amines) is 1. The van der Waals surface area contributed by atoms with E-state index in [4.69, 9.17) is 16.3 Å². The predicted octanol–water partition coefficient (Wildman–Crippen LogP) is 2.97. The average molecular weight is 614 g/mol. The quantitative estimate of drug-likeness (QED) is 0.531. The van der Waals surface area contributed by atoms with Crippen LogP contribution in [0.1, 0.15) is 63.4 Å². The summed E-state index contributed by atoms with van der Waals surface area (Å²) in [5.41, 5.74) is 1.08. The van der Waals surface area contributed by atoms with Gasteiger partial charge in [0, 0.05) is 69.4 Å². The number of halogens is 1. The summed E-state index contributed by atoms with van der Waals surface area (Å²) in [5.74, 6) is 0.488. The van der Waals surface area contributed by atoms with Crippen LogP contribution in [0.15, 0.2) is 24.3 Å². The van der Waals surface area contributed by atoms with Crippen LogP contribution in [0, 0.1) is 11.8 Å². The molecule has 5 aliphatic rings. The van der Waals surface area contributed by atoms with E-state index in [2.05, 4.69) is 29.1 Å². The van der Waals surface area contributed by atoms with Gasteiger partial charge in [0.2, 0.25) is 11.8 Å². The van der Waals surface area contributed by atoms with Gasteiger partial charge in [0.05, 0.1) is 12.0 Å². The maximum absolute atomic E-state index is 14.5. The lowest BCUT2D eigenvalue weighted by Crippen LogP contribution is -2.54. The Labute approximate surface area is 261 Å². The zero-order valence-electron chi connectivity index (χ0n) is 25.8. The van der Waals surface area contributed by atoms with Crippen LogP contribution in [0.2, 0.25) is 5.02 Å². The summed E-state index contributed by atoms with van der Waals surface area (Å²) in [4.78, 5) is 50.9. The molecule has 0 unspecified atom stereocenters. The number of hydrogen-bond donors (Lipinski definition) is 1. The molecule has 5 atom stereocenters. The Morgan fingerprint density at radius 1 is 0.930 bits per heavy atom.